The van der Waals surface area contributed by atoms with E-state index >= 15 is 0 Å². The van der Waals surface area contributed by atoms with E-state index in [1.54, 1.807) is 19.1 Å². The van der Waals surface area contributed by atoms with Crippen LogP contribution >= 0.6 is 0 Å². The van der Waals surface area contributed by atoms with E-state index in [9.17, 15) is 18.4 Å². The summed E-state index contributed by atoms with van der Waals surface area (Å²) in [6.45, 7) is 3.04. The number of alkyl halides is 2. The number of primary amides is 1. The predicted molar refractivity (Wildman–Crippen MR) is 113 cm³/mol. The number of aromatic nitrogens is 4. The normalized spacial score (nSPS) is 19.7. The summed E-state index contributed by atoms with van der Waals surface area (Å²) in [4.78, 5) is 42.5. The topological polar surface area (TPSA) is 136 Å². The average Bonchev–Trinajstić information content (AvgIpc) is 3.44. The van der Waals surface area contributed by atoms with Gasteiger partial charge in [-0.25, -0.2) is 13.8 Å². The van der Waals surface area contributed by atoms with E-state index < -0.39 is 23.7 Å². The largest absolute Gasteiger partial charge is 0.463 e. The van der Waals surface area contributed by atoms with Gasteiger partial charge in [0.1, 0.15) is 12.3 Å². The molecule has 176 valence electrons. The number of carbonyl (C=O) groups excluding carboxylic acids is 2. The van der Waals surface area contributed by atoms with Gasteiger partial charge in [0.15, 0.2) is 0 Å². The van der Waals surface area contributed by atoms with Gasteiger partial charge in [-0.05, 0) is 31.9 Å². The molecule has 4 rings (SSSR count). The third-order valence-electron chi connectivity index (χ3n) is 5.73. The van der Waals surface area contributed by atoms with Gasteiger partial charge in [-0.3, -0.25) is 9.59 Å². The second-order valence-electron chi connectivity index (χ2n) is 8.15. The third kappa shape index (κ3) is 5.32. The molecular formula is C21H25F2N7O3. The van der Waals surface area contributed by atoms with E-state index in [2.05, 4.69) is 25.3 Å². The number of piperidine rings is 1. The first-order chi connectivity index (χ1) is 15.8. The van der Waals surface area contributed by atoms with Gasteiger partial charge in [0, 0.05) is 37.7 Å². The maximum Gasteiger partial charge on any atom is 0.321 e. The van der Waals surface area contributed by atoms with Gasteiger partial charge >= 0.3 is 6.01 Å². The van der Waals surface area contributed by atoms with Crippen molar-refractivity contribution < 1.29 is 23.1 Å². The predicted octanol–water partition coefficient (Wildman–Crippen LogP) is 1.53. The quantitative estimate of drug-likeness (QED) is 0.604. The van der Waals surface area contributed by atoms with Gasteiger partial charge in [-0.2, -0.15) is 15.0 Å². The van der Waals surface area contributed by atoms with Crippen molar-refractivity contribution in [2.24, 2.45) is 11.7 Å². The van der Waals surface area contributed by atoms with Gasteiger partial charge in [-0.15, -0.1) is 0 Å². The Morgan fingerprint density at radius 1 is 1.21 bits per heavy atom. The highest BCUT2D eigenvalue weighted by atomic mass is 19.3. The van der Waals surface area contributed by atoms with E-state index in [1.807, 2.05) is 11.0 Å². The fourth-order valence-electron chi connectivity index (χ4n) is 3.71. The molecule has 1 unspecified atom stereocenters. The number of rotatable bonds is 8. The van der Waals surface area contributed by atoms with Crippen molar-refractivity contribution in [3.8, 4) is 6.01 Å². The summed E-state index contributed by atoms with van der Waals surface area (Å²) in [6, 6.07) is 5.05. The Morgan fingerprint density at radius 3 is 2.58 bits per heavy atom. The molecule has 2 aromatic rings. The summed E-state index contributed by atoms with van der Waals surface area (Å²) in [5.74, 6) is -4.42. The number of nitrogens with two attached hydrogens (primary N) is 1. The molecule has 2 aromatic heterocycles. The smallest absolute Gasteiger partial charge is 0.321 e. The Bertz CT molecular complexity index is 1040. The summed E-state index contributed by atoms with van der Waals surface area (Å²) in [6.07, 6.45) is 1.19. The first-order valence-corrected chi connectivity index (χ1v) is 10.8. The zero-order valence-electron chi connectivity index (χ0n) is 18.1. The van der Waals surface area contributed by atoms with Gasteiger partial charge in [0.2, 0.25) is 11.8 Å². The van der Waals surface area contributed by atoms with Crippen LogP contribution in [0.5, 0.6) is 6.01 Å². The van der Waals surface area contributed by atoms with Crippen LogP contribution in [-0.4, -0.2) is 63.9 Å². The van der Waals surface area contributed by atoms with Crippen molar-refractivity contribution in [2.45, 2.75) is 38.0 Å². The van der Waals surface area contributed by atoms with Crippen LogP contribution in [0, 0.1) is 5.92 Å². The highest BCUT2D eigenvalue weighted by molar-refractivity contribution is 5.91. The lowest BCUT2D eigenvalue weighted by molar-refractivity contribution is 0.0835. The molecule has 2 amide bonds. The van der Waals surface area contributed by atoms with Gasteiger partial charge in [-0.1, -0.05) is 6.07 Å². The maximum atomic E-state index is 13.2. The number of ether oxygens (including phenoxy) is 1. The standard InChI is InChI=1S/C21H25F2N7O3/c1-2-25-18(32)17-27-19(29-20(28-17)33-11-13-10-21(13,22)23)30-8-6-12(7-9-30)14-4-3-5-15(26-14)16(24)31/h3-5,12-13H,2,6-11H2,1H3,(H2,24,31)(H,25,32). The second-order valence-corrected chi connectivity index (χ2v) is 8.15. The molecule has 10 nitrogen and oxygen atoms in total. The average molecular weight is 461 g/mol. The molecule has 1 saturated heterocycles. The summed E-state index contributed by atoms with van der Waals surface area (Å²) < 4.78 is 31.8. The Hall–Kier alpha value is -3.44. The first-order valence-electron chi connectivity index (χ1n) is 10.8. The molecule has 1 aliphatic carbocycles. The summed E-state index contributed by atoms with van der Waals surface area (Å²) in [7, 11) is 0. The highest BCUT2D eigenvalue weighted by Gasteiger charge is 2.57. The number of amides is 2. The van der Waals surface area contributed by atoms with Crippen LogP contribution in [-0.2, 0) is 0 Å². The van der Waals surface area contributed by atoms with Crippen molar-refractivity contribution >= 4 is 17.8 Å². The summed E-state index contributed by atoms with van der Waals surface area (Å²) in [5.41, 5.74) is 6.34. The lowest BCUT2D eigenvalue weighted by Gasteiger charge is -2.31. The number of hydrogen-bond acceptors (Lipinski definition) is 8. The van der Waals surface area contributed by atoms with Gasteiger partial charge in [0.05, 0.1) is 5.92 Å². The van der Waals surface area contributed by atoms with Crippen LogP contribution in [0.25, 0.3) is 0 Å². The zero-order valence-corrected chi connectivity index (χ0v) is 18.1. The minimum atomic E-state index is -2.72. The lowest BCUT2D eigenvalue weighted by Crippen LogP contribution is -2.35. The van der Waals surface area contributed by atoms with Crippen molar-refractivity contribution in [2.75, 3.05) is 31.1 Å². The number of hydrogen-bond donors (Lipinski definition) is 2. The fourth-order valence-corrected chi connectivity index (χ4v) is 3.71. The van der Waals surface area contributed by atoms with Crippen molar-refractivity contribution in [1.82, 2.24) is 25.3 Å². The maximum absolute atomic E-state index is 13.2. The molecule has 0 radical (unpaired) electrons. The molecular weight excluding hydrogens is 436 g/mol. The minimum absolute atomic E-state index is 0.123. The number of nitrogens with zero attached hydrogens (tertiary/aromatic N) is 5. The first kappa shape index (κ1) is 22.7. The monoisotopic (exact) mass is 461 g/mol. The fraction of sp³-hybridized carbons (Fsp3) is 0.524. The Kier molecular flexibility index (Phi) is 6.34. The van der Waals surface area contributed by atoms with Crippen molar-refractivity contribution in [1.29, 1.82) is 0 Å². The molecule has 3 heterocycles. The molecule has 0 spiro atoms. The molecule has 12 heteroatoms. The molecule has 1 atom stereocenters. The summed E-state index contributed by atoms with van der Waals surface area (Å²) in [5, 5.41) is 2.62. The van der Waals surface area contributed by atoms with E-state index in [4.69, 9.17) is 10.5 Å². The van der Waals surface area contributed by atoms with E-state index in [1.165, 1.54) is 0 Å². The SMILES string of the molecule is CCNC(=O)c1nc(OCC2CC2(F)F)nc(N2CCC(c3cccc(C(N)=O)n3)CC2)n1. The van der Waals surface area contributed by atoms with E-state index in [0.717, 1.165) is 5.69 Å². The molecule has 1 saturated carbocycles. The number of anilines is 1. The van der Waals surface area contributed by atoms with Gasteiger partial charge in [0.25, 0.3) is 17.7 Å². The lowest BCUT2D eigenvalue weighted by atomic mass is 9.93. The number of nitrogens with one attached hydrogen (secondary N) is 1. The van der Waals surface area contributed by atoms with Crippen LogP contribution in [0.4, 0.5) is 14.7 Å². The molecule has 2 fully saturated rings. The molecule has 0 bridgehead atoms. The van der Waals surface area contributed by atoms with Crippen LogP contribution in [0.2, 0.25) is 0 Å². The van der Waals surface area contributed by atoms with E-state index in [-0.39, 0.29) is 42.4 Å². The van der Waals surface area contributed by atoms with Crippen LogP contribution in [0.3, 0.4) is 0 Å². The minimum Gasteiger partial charge on any atom is -0.463 e. The third-order valence-corrected chi connectivity index (χ3v) is 5.73. The van der Waals surface area contributed by atoms with Crippen LogP contribution in [0.1, 0.15) is 58.9 Å². The Morgan fingerprint density at radius 2 is 1.94 bits per heavy atom. The van der Waals surface area contributed by atoms with Crippen molar-refractivity contribution in [3.05, 3.63) is 35.4 Å². The molecule has 0 aromatic carbocycles. The highest BCUT2D eigenvalue weighted by Crippen LogP contribution is 2.48. The Labute approximate surface area is 189 Å². The Balaban J connectivity index is 1.47. The summed E-state index contributed by atoms with van der Waals surface area (Å²) >= 11 is 0. The number of carbonyl (C=O) groups is 2. The molecule has 1 aliphatic heterocycles. The second kappa shape index (κ2) is 9.20. The van der Waals surface area contributed by atoms with Crippen molar-refractivity contribution in [3.63, 3.8) is 0 Å². The zero-order chi connectivity index (χ0) is 23.6. The van der Waals surface area contributed by atoms with Gasteiger partial charge < -0.3 is 20.7 Å². The van der Waals surface area contributed by atoms with E-state index in [0.29, 0.717) is 32.5 Å². The number of halogens is 2. The number of pyridine rings is 1. The molecule has 2 aliphatic rings. The van der Waals surface area contributed by atoms with Crippen LogP contribution in [0.15, 0.2) is 18.2 Å². The van der Waals surface area contributed by atoms with Crippen LogP contribution < -0.4 is 20.7 Å². The molecule has 33 heavy (non-hydrogen) atoms. The molecule has 3 N–H and O–H groups in total.